The highest BCUT2D eigenvalue weighted by molar-refractivity contribution is 7.07. The van der Waals surface area contributed by atoms with Crippen LogP contribution in [0.15, 0.2) is 16.8 Å². The molecule has 0 amide bonds. The molecule has 84 valence electrons. The van der Waals surface area contributed by atoms with Gasteiger partial charge in [0, 0.05) is 19.3 Å². The van der Waals surface area contributed by atoms with Crippen LogP contribution in [0.4, 0.5) is 0 Å². The molecular weight excluding hydrogens is 206 g/mol. The van der Waals surface area contributed by atoms with Crippen molar-refractivity contribution in [1.29, 1.82) is 0 Å². The van der Waals surface area contributed by atoms with Crippen LogP contribution in [0.5, 0.6) is 0 Å². The van der Waals surface area contributed by atoms with Crippen LogP contribution in [0.25, 0.3) is 0 Å². The summed E-state index contributed by atoms with van der Waals surface area (Å²) in [5.74, 6) is 0.805. The minimum Gasteiger partial charge on any atom is -0.381 e. The van der Waals surface area contributed by atoms with Crippen molar-refractivity contribution in [2.45, 2.75) is 25.8 Å². The predicted octanol–water partition coefficient (Wildman–Crippen LogP) is 2.83. The summed E-state index contributed by atoms with van der Waals surface area (Å²) in [5, 5.41) is 7.97. The van der Waals surface area contributed by atoms with E-state index in [0.29, 0.717) is 6.04 Å². The molecular formula is C12H19NOS. The fourth-order valence-corrected chi connectivity index (χ4v) is 2.69. The van der Waals surface area contributed by atoms with E-state index >= 15 is 0 Å². The van der Waals surface area contributed by atoms with Gasteiger partial charge in [-0.1, -0.05) is 0 Å². The summed E-state index contributed by atoms with van der Waals surface area (Å²) >= 11 is 1.77. The lowest BCUT2D eigenvalue weighted by molar-refractivity contribution is 0.0656. The lowest BCUT2D eigenvalue weighted by atomic mass is 10.00. The van der Waals surface area contributed by atoms with Gasteiger partial charge in [-0.3, -0.25) is 0 Å². The number of hydrogen-bond donors (Lipinski definition) is 1. The second-order valence-corrected chi connectivity index (χ2v) is 5.02. The van der Waals surface area contributed by atoms with Crippen molar-refractivity contribution in [3.05, 3.63) is 22.4 Å². The summed E-state index contributed by atoms with van der Waals surface area (Å²) in [4.78, 5) is 0. The molecule has 1 aliphatic rings. The molecule has 0 aliphatic carbocycles. The van der Waals surface area contributed by atoms with Crippen molar-refractivity contribution in [3.63, 3.8) is 0 Å². The number of ether oxygens (including phenoxy) is 1. The van der Waals surface area contributed by atoms with Gasteiger partial charge in [-0.2, -0.15) is 11.3 Å². The van der Waals surface area contributed by atoms with Gasteiger partial charge in [0.15, 0.2) is 0 Å². The minimum absolute atomic E-state index is 0.485. The fraction of sp³-hybridized carbons (Fsp3) is 0.667. The maximum absolute atomic E-state index is 5.35. The molecule has 0 saturated carbocycles. The van der Waals surface area contributed by atoms with Crippen LogP contribution in [0.2, 0.25) is 0 Å². The van der Waals surface area contributed by atoms with Crippen LogP contribution in [0.3, 0.4) is 0 Å². The second kappa shape index (κ2) is 5.64. The molecule has 2 rings (SSSR count). The standard InChI is InChI=1S/C12H19NOS/c1-10(12-4-7-15-9-12)13-8-11-2-5-14-6-3-11/h4,7,9-11,13H,2-3,5-6,8H2,1H3. The molecule has 1 fully saturated rings. The third kappa shape index (κ3) is 3.30. The highest BCUT2D eigenvalue weighted by Gasteiger charge is 2.14. The third-order valence-electron chi connectivity index (χ3n) is 3.10. The van der Waals surface area contributed by atoms with E-state index in [9.17, 15) is 0 Å². The zero-order chi connectivity index (χ0) is 10.5. The molecule has 1 N–H and O–H groups in total. The number of rotatable bonds is 4. The summed E-state index contributed by atoms with van der Waals surface area (Å²) in [6, 6.07) is 2.69. The van der Waals surface area contributed by atoms with Gasteiger partial charge in [0.1, 0.15) is 0 Å². The largest absolute Gasteiger partial charge is 0.381 e. The monoisotopic (exact) mass is 225 g/mol. The van der Waals surface area contributed by atoms with Crippen molar-refractivity contribution >= 4 is 11.3 Å². The molecule has 3 heteroatoms. The molecule has 15 heavy (non-hydrogen) atoms. The van der Waals surface area contributed by atoms with E-state index in [1.165, 1.54) is 18.4 Å². The van der Waals surface area contributed by atoms with Crippen LogP contribution in [-0.4, -0.2) is 19.8 Å². The highest BCUT2D eigenvalue weighted by atomic mass is 32.1. The van der Waals surface area contributed by atoms with Gasteiger partial charge in [-0.05, 0) is 54.6 Å². The Hall–Kier alpha value is -0.380. The van der Waals surface area contributed by atoms with Gasteiger partial charge in [0.2, 0.25) is 0 Å². The summed E-state index contributed by atoms with van der Waals surface area (Å²) in [6.07, 6.45) is 2.42. The second-order valence-electron chi connectivity index (χ2n) is 4.24. The van der Waals surface area contributed by atoms with Gasteiger partial charge in [-0.25, -0.2) is 0 Å². The van der Waals surface area contributed by atoms with Gasteiger partial charge < -0.3 is 10.1 Å². The first-order chi connectivity index (χ1) is 7.36. The van der Waals surface area contributed by atoms with E-state index in [1.54, 1.807) is 11.3 Å². The Kier molecular flexibility index (Phi) is 4.18. The van der Waals surface area contributed by atoms with Crippen molar-refractivity contribution in [2.24, 2.45) is 5.92 Å². The van der Waals surface area contributed by atoms with Crippen LogP contribution in [0.1, 0.15) is 31.4 Å². The summed E-state index contributed by atoms with van der Waals surface area (Å²) in [6.45, 7) is 5.25. The average molecular weight is 225 g/mol. The smallest absolute Gasteiger partial charge is 0.0469 e. The number of thiophene rings is 1. The van der Waals surface area contributed by atoms with Gasteiger partial charge in [0.05, 0.1) is 0 Å². The molecule has 2 heterocycles. The molecule has 0 spiro atoms. The van der Waals surface area contributed by atoms with Gasteiger partial charge >= 0.3 is 0 Å². The predicted molar refractivity (Wildman–Crippen MR) is 64.3 cm³/mol. The molecule has 0 bridgehead atoms. The Morgan fingerprint density at radius 3 is 3.00 bits per heavy atom. The molecule has 1 saturated heterocycles. The zero-order valence-electron chi connectivity index (χ0n) is 9.24. The molecule has 1 aliphatic heterocycles. The lowest BCUT2D eigenvalue weighted by Crippen LogP contribution is -2.29. The van der Waals surface area contributed by atoms with Crippen LogP contribution in [-0.2, 0) is 4.74 Å². The Bertz CT molecular complexity index is 267. The third-order valence-corrected chi connectivity index (χ3v) is 3.80. The Morgan fingerprint density at radius 1 is 1.53 bits per heavy atom. The normalized spacial score (nSPS) is 20.3. The first-order valence-corrected chi connectivity index (χ1v) is 6.64. The van der Waals surface area contributed by atoms with Crippen LogP contribution in [0, 0.1) is 5.92 Å². The number of nitrogens with one attached hydrogen (secondary N) is 1. The van der Waals surface area contributed by atoms with E-state index in [1.807, 2.05) is 0 Å². The maximum Gasteiger partial charge on any atom is 0.0469 e. The summed E-state index contributed by atoms with van der Waals surface area (Å²) in [7, 11) is 0. The lowest BCUT2D eigenvalue weighted by Gasteiger charge is -2.24. The molecule has 0 aromatic carbocycles. The van der Waals surface area contributed by atoms with Crippen molar-refractivity contribution < 1.29 is 4.74 Å². The van der Waals surface area contributed by atoms with E-state index in [2.05, 4.69) is 29.1 Å². The van der Waals surface area contributed by atoms with E-state index in [0.717, 1.165) is 25.7 Å². The Morgan fingerprint density at radius 2 is 2.33 bits per heavy atom. The highest BCUT2D eigenvalue weighted by Crippen LogP contribution is 2.18. The Labute approximate surface area is 95.6 Å². The minimum atomic E-state index is 0.485. The first kappa shape index (κ1) is 11.1. The van der Waals surface area contributed by atoms with Gasteiger partial charge in [-0.15, -0.1) is 0 Å². The Balaban J connectivity index is 1.73. The zero-order valence-corrected chi connectivity index (χ0v) is 10.1. The van der Waals surface area contributed by atoms with Crippen molar-refractivity contribution in [3.8, 4) is 0 Å². The van der Waals surface area contributed by atoms with E-state index in [4.69, 9.17) is 4.74 Å². The molecule has 1 aromatic heterocycles. The number of hydrogen-bond acceptors (Lipinski definition) is 3. The van der Waals surface area contributed by atoms with Crippen molar-refractivity contribution in [2.75, 3.05) is 19.8 Å². The molecule has 0 radical (unpaired) electrons. The van der Waals surface area contributed by atoms with E-state index in [-0.39, 0.29) is 0 Å². The molecule has 1 unspecified atom stereocenters. The van der Waals surface area contributed by atoms with Crippen LogP contribution < -0.4 is 5.32 Å². The van der Waals surface area contributed by atoms with Crippen molar-refractivity contribution in [1.82, 2.24) is 5.32 Å². The fourth-order valence-electron chi connectivity index (χ4n) is 1.93. The molecule has 1 atom stereocenters. The quantitative estimate of drug-likeness (QED) is 0.851. The maximum atomic E-state index is 5.35. The summed E-state index contributed by atoms with van der Waals surface area (Å²) in [5.41, 5.74) is 1.41. The van der Waals surface area contributed by atoms with Gasteiger partial charge in [0.25, 0.3) is 0 Å². The topological polar surface area (TPSA) is 21.3 Å². The average Bonchev–Trinajstić information content (AvgIpc) is 2.81. The first-order valence-electron chi connectivity index (χ1n) is 5.69. The summed E-state index contributed by atoms with van der Waals surface area (Å²) < 4.78 is 5.35. The van der Waals surface area contributed by atoms with E-state index < -0.39 is 0 Å². The molecule has 1 aromatic rings. The SMILES string of the molecule is CC(NCC1CCOCC1)c1ccsc1. The van der Waals surface area contributed by atoms with Crippen LogP contribution >= 0.6 is 11.3 Å². The molecule has 2 nitrogen and oxygen atoms in total.